The van der Waals surface area contributed by atoms with Crippen molar-refractivity contribution in [1.29, 1.82) is 0 Å². The lowest BCUT2D eigenvalue weighted by Gasteiger charge is -2.29. The largest absolute Gasteiger partial charge is 0.355 e. The molecule has 24 heavy (non-hydrogen) atoms. The number of hydrogen-bond donors (Lipinski definition) is 1. The summed E-state index contributed by atoms with van der Waals surface area (Å²) in [5.41, 5.74) is 11.4. The Hall–Kier alpha value is -1.80. The molecule has 1 N–H and O–H groups in total. The van der Waals surface area contributed by atoms with Gasteiger partial charge in [-0.25, -0.2) is 0 Å². The van der Waals surface area contributed by atoms with Crippen LogP contribution in [0.4, 0.5) is 0 Å². The molecule has 0 atom stereocenters. The molecule has 1 aromatic rings. The second-order valence-electron chi connectivity index (χ2n) is 7.25. The van der Waals surface area contributed by atoms with Gasteiger partial charge in [0.15, 0.2) is 0 Å². The first-order chi connectivity index (χ1) is 11.7. The number of hydrogen-bond acceptors (Lipinski definition) is 2. The number of rotatable bonds is 4. The molecule has 1 heterocycles. The standard InChI is InChI=1S/C22H28N2/c1-4-24(5-2)14-16-10-11-19-17(12-16)13-21-20-9-7-6-8-18(20)15(3)23-22(19)21/h10-12,23H,3-9,13-14H2,1-2H3. The summed E-state index contributed by atoms with van der Waals surface area (Å²) in [5.74, 6) is 0. The highest BCUT2D eigenvalue weighted by Gasteiger charge is 2.31. The molecule has 1 aliphatic heterocycles. The fourth-order valence-corrected chi connectivity index (χ4v) is 4.48. The van der Waals surface area contributed by atoms with Crippen LogP contribution in [0.5, 0.6) is 0 Å². The summed E-state index contributed by atoms with van der Waals surface area (Å²) in [6.07, 6.45) is 6.15. The Balaban J connectivity index is 1.66. The number of fused-ring (bicyclic) bond motifs is 3. The van der Waals surface area contributed by atoms with Crippen molar-refractivity contribution in [2.45, 2.75) is 52.5 Å². The highest BCUT2D eigenvalue weighted by atomic mass is 15.1. The fourth-order valence-electron chi connectivity index (χ4n) is 4.48. The van der Waals surface area contributed by atoms with Crippen molar-refractivity contribution in [3.8, 4) is 0 Å². The maximum Gasteiger partial charge on any atom is 0.0499 e. The van der Waals surface area contributed by atoms with Crippen molar-refractivity contribution >= 4 is 5.70 Å². The molecule has 0 saturated carbocycles. The lowest BCUT2D eigenvalue weighted by molar-refractivity contribution is 0.296. The molecule has 0 bridgehead atoms. The highest BCUT2D eigenvalue weighted by molar-refractivity contribution is 5.83. The van der Waals surface area contributed by atoms with Gasteiger partial charge in [0, 0.05) is 29.9 Å². The van der Waals surface area contributed by atoms with Crippen molar-refractivity contribution in [2.75, 3.05) is 13.1 Å². The first-order valence-electron chi connectivity index (χ1n) is 9.47. The van der Waals surface area contributed by atoms with E-state index in [1.807, 2.05) is 0 Å². The van der Waals surface area contributed by atoms with E-state index < -0.39 is 0 Å². The lowest BCUT2D eigenvalue weighted by Crippen LogP contribution is -2.22. The molecule has 4 rings (SSSR count). The van der Waals surface area contributed by atoms with Crippen LogP contribution < -0.4 is 5.32 Å². The van der Waals surface area contributed by atoms with Crippen LogP contribution in [-0.4, -0.2) is 18.0 Å². The molecule has 126 valence electrons. The molecule has 2 nitrogen and oxygen atoms in total. The van der Waals surface area contributed by atoms with Crippen LogP contribution in [0.1, 0.15) is 56.2 Å². The van der Waals surface area contributed by atoms with Gasteiger partial charge in [-0.15, -0.1) is 0 Å². The third kappa shape index (κ3) is 2.53. The van der Waals surface area contributed by atoms with Crippen molar-refractivity contribution < 1.29 is 0 Å². The van der Waals surface area contributed by atoms with E-state index in [-0.39, 0.29) is 0 Å². The summed E-state index contributed by atoms with van der Waals surface area (Å²) < 4.78 is 0. The molecule has 2 heteroatoms. The van der Waals surface area contributed by atoms with Gasteiger partial charge in [-0.2, -0.15) is 0 Å². The summed E-state index contributed by atoms with van der Waals surface area (Å²) in [6, 6.07) is 7.06. The molecule has 3 aliphatic rings. The van der Waals surface area contributed by atoms with Crippen molar-refractivity contribution in [2.24, 2.45) is 0 Å². The minimum Gasteiger partial charge on any atom is -0.355 e. The van der Waals surface area contributed by atoms with Gasteiger partial charge in [0.1, 0.15) is 0 Å². The van der Waals surface area contributed by atoms with Gasteiger partial charge in [0.25, 0.3) is 0 Å². The van der Waals surface area contributed by atoms with E-state index in [0.717, 1.165) is 31.8 Å². The molecule has 0 radical (unpaired) electrons. The summed E-state index contributed by atoms with van der Waals surface area (Å²) in [4.78, 5) is 2.48. The first-order valence-corrected chi connectivity index (χ1v) is 9.47. The Labute approximate surface area is 145 Å². The number of nitrogens with zero attached hydrogens (tertiary/aromatic N) is 1. The lowest BCUT2D eigenvalue weighted by atomic mass is 9.83. The molecule has 0 amide bonds. The quantitative estimate of drug-likeness (QED) is 0.858. The monoisotopic (exact) mass is 320 g/mol. The average Bonchev–Trinajstić information content (AvgIpc) is 2.98. The summed E-state index contributed by atoms with van der Waals surface area (Å²) in [7, 11) is 0. The minimum absolute atomic E-state index is 1.05. The van der Waals surface area contributed by atoms with E-state index in [0.29, 0.717) is 0 Å². The summed E-state index contributed by atoms with van der Waals surface area (Å²) in [6.45, 7) is 12.1. The molecule has 0 fully saturated rings. The van der Waals surface area contributed by atoms with E-state index in [1.54, 1.807) is 11.1 Å². The summed E-state index contributed by atoms with van der Waals surface area (Å²) in [5, 5.41) is 3.63. The smallest absolute Gasteiger partial charge is 0.0499 e. The Bertz CT molecular complexity index is 747. The van der Waals surface area contributed by atoms with Gasteiger partial charge in [-0.1, -0.05) is 38.6 Å². The van der Waals surface area contributed by atoms with Gasteiger partial charge in [-0.3, -0.25) is 4.90 Å². The van der Waals surface area contributed by atoms with Gasteiger partial charge >= 0.3 is 0 Å². The SMILES string of the molecule is C=C1NC2=C(Cc3cc(CN(CC)CC)ccc32)C2=C1CCCC2. The molecule has 1 aromatic carbocycles. The van der Waals surface area contributed by atoms with Gasteiger partial charge in [0.05, 0.1) is 0 Å². The topological polar surface area (TPSA) is 15.3 Å². The maximum absolute atomic E-state index is 4.30. The highest BCUT2D eigenvalue weighted by Crippen LogP contribution is 2.45. The zero-order valence-corrected chi connectivity index (χ0v) is 15.0. The Kier molecular flexibility index (Phi) is 4.09. The number of nitrogens with one attached hydrogen (secondary N) is 1. The Morgan fingerprint density at radius 3 is 2.54 bits per heavy atom. The van der Waals surface area contributed by atoms with Crippen molar-refractivity contribution in [3.05, 3.63) is 63.9 Å². The molecule has 0 spiro atoms. The minimum atomic E-state index is 1.05. The number of dihydropyridines is 1. The first kappa shape index (κ1) is 15.7. The van der Waals surface area contributed by atoms with E-state index in [4.69, 9.17) is 0 Å². The molecule has 2 aliphatic carbocycles. The maximum atomic E-state index is 4.30. The molecule has 0 unspecified atom stereocenters. The van der Waals surface area contributed by atoms with Crippen LogP contribution in [0.15, 0.2) is 47.2 Å². The third-order valence-electron chi connectivity index (χ3n) is 5.88. The van der Waals surface area contributed by atoms with Crippen LogP contribution in [0.25, 0.3) is 5.70 Å². The number of benzene rings is 1. The molecular weight excluding hydrogens is 292 g/mol. The van der Waals surface area contributed by atoms with Crippen LogP contribution in [-0.2, 0) is 13.0 Å². The van der Waals surface area contributed by atoms with Gasteiger partial charge in [0.2, 0.25) is 0 Å². The molecule has 0 aromatic heterocycles. The van der Waals surface area contributed by atoms with Crippen molar-refractivity contribution in [1.82, 2.24) is 10.2 Å². The second kappa shape index (κ2) is 6.25. The zero-order chi connectivity index (χ0) is 16.7. The predicted octanol–water partition coefficient (Wildman–Crippen LogP) is 4.78. The van der Waals surface area contributed by atoms with E-state index in [2.05, 4.69) is 48.8 Å². The normalized spacial score (nSPS) is 19.4. The number of allylic oxidation sites excluding steroid dienone is 3. The van der Waals surface area contributed by atoms with E-state index in [1.165, 1.54) is 53.6 Å². The fraction of sp³-hybridized carbons (Fsp3) is 0.455. The Morgan fingerprint density at radius 2 is 1.79 bits per heavy atom. The van der Waals surface area contributed by atoms with E-state index >= 15 is 0 Å². The van der Waals surface area contributed by atoms with Crippen LogP contribution in [0.3, 0.4) is 0 Å². The van der Waals surface area contributed by atoms with Gasteiger partial charge < -0.3 is 5.32 Å². The van der Waals surface area contributed by atoms with Crippen molar-refractivity contribution in [3.63, 3.8) is 0 Å². The van der Waals surface area contributed by atoms with Crippen LogP contribution >= 0.6 is 0 Å². The zero-order valence-electron chi connectivity index (χ0n) is 15.0. The molecule has 0 saturated heterocycles. The molecular formula is C22H28N2. The predicted molar refractivity (Wildman–Crippen MR) is 101 cm³/mol. The average molecular weight is 320 g/mol. The third-order valence-corrected chi connectivity index (χ3v) is 5.88. The Morgan fingerprint density at radius 1 is 1.04 bits per heavy atom. The van der Waals surface area contributed by atoms with Crippen LogP contribution in [0, 0.1) is 0 Å². The second-order valence-corrected chi connectivity index (χ2v) is 7.25. The van der Waals surface area contributed by atoms with Crippen LogP contribution in [0.2, 0.25) is 0 Å². The van der Waals surface area contributed by atoms with Gasteiger partial charge in [-0.05, 0) is 66.6 Å². The summed E-state index contributed by atoms with van der Waals surface area (Å²) >= 11 is 0. The van der Waals surface area contributed by atoms with E-state index in [9.17, 15) is 0 Å².